The summed E-state index contributed by atoms with van der Waals surface area (Å²) >= 11 is 0. The summed E-state index contributed by atoms with van der Waals surface area (Å²) < 4.78 is 13.1. The fraction of sp³-hybridized carbons (Fsp3) is 0.100. The molecule has 134 valence electrons. The van der Waals surface area contributed by atoms with Gasteiger partial charge in [-0.2, -0.15) is 9.97 Å². The van der Waals surface area contributed by atoms with Gasteiger partial charge in [-0.3, -0.25) is 0 Å². The molecular weight excluding hydrogens is 343 g/mol. The van der Waals surface area contributed by atoms with Gasteiger partial charge in [-0.25, -0.2) is 14.4 Å². The SMILES string of the molecule is Fc1ccc(Nc2nc(NCCc3ccccc3)nc3nccnc23)cc1. The smallest absolute Gasteiger partial charge is 0.226 e. The lowest BCUT2D eigenvalue weighted by atomic mass is 10.1. The Morgan fingerprint density at radius 2 is 1.63 bits per heavy atom. The summed E-state index contributed by atoms with van der Waals surface area (Å²) in [6, 6.07) is 16.2. The zero-order chi connectivity index (χ0) is 18.5. The predicted molar refractivity (Wildman–Crippen MR) is 103 cm³/mol. The molecule has 2 heterocycles. The summed E-state index contributed by atoms with van der Waals surface area (Å²) in [5.41, 5.74) is 2.97. The quantitative estimate of drug-likeness (QED) is 0.542. The van der Waals surface area contributed by atoms with Crippen LogP contribution >= 0.6 is 0 Å². The van der Waals surface area contributed by atoms with Crippen LogP contribution in [0.5, 0.6) is 0 Å². The molecule has 0 saturated heterocycles. The molecule has 0 unspecified atom stereocenters. The van der Waals surface area contributed by atoms with Gasteiger partial charge in [0, 0.05) is 24.6 Å². The number of nitrogens with one attached hydrogen (secondary N) is 2. The van der Waals surface area contributed by atoms with Crippen molar-refractivity contribution in [2.24, 2.45) is 0 Å². The lowest BCUT2D eigenvalue weighted by molar-refractivity contribution is 0.628. The van der Waals surface area contributed by atoms with Gasteiger partial charge in [-0.05, 0) is 36.2 Å². The second kappa shape index (κ2) is 7.74. The van der Waals surface area contributed by atoms with Crippen molar-refractivity contribution in [3.63, 3.8) is 0 Å². The monoisotopic (exact) mass is 360 g/mol. The van der Waals surface area contributed by atoms with E-state index in [0.29, 0.717) is 35.2 Å². The zero-order valence-corrected chi connectivity index (χ0v) is 14.4. The largest absolute Gasteiger partial charge is 0.354 e. The summed E-state index contributed by atoms with van der Waals surface area (Å²) in [5, 5.41) is 6.39. The van der Waals surface area contributed by atoms with E-state index in [1.807, 2.05) is 18.2 Å². The van der Waals surface area contributed by atoms with E-state index in [0.717, 1.165) is 6.42 Å². The second-order valence-corrected chi connectivity index (χ2v) is 5.92. The molecule has 2 aromatic heterocycles. The number of fused-ring (bicyclic) bond motifs is 1. The maximum absolute atomic E-state index is 13.1. The van der Waals surface area contributed by atoms with Crippen molar-refractivity contribution < 1.29 is 4.39 Å². The number of aromatic nitrogens is 4. The zero-order valence-electron chi connectivity index (χ0n) is 14.4. The van der Waals surface area contributed by atoms with Crippen molar-refractivity contribution in [1.82, 2.24) is 19.9 Å². The minimum absolute atomic E-state index is 0.295. The molecular formula is C20H17FN6. The molecule has 0 aliphatic rings. The predicted octanol–water partition coefficient (Wildman–Crippen LogP) is 3.96. The van der Waals surface area contributed by atoms with Crippen LogP contribution in [0.3, 0.4) is 0 Å². The van der Waals surface area contributed by atoms with Crippen LogP contribution in [0, 0.1) is 5.82 Å². The molecule has 4 rings (SSSR count). The molecule has 6 nitrogen and oxygen atoms in total. The fourth-order valence-electron chi connectivity index (χ4n) is 2.66. The van der Waals surface area contributed by atoms with E-state index in [4.69, 9.17) is 0 Å². The van der Waals surface area contributed by atoms with Crippen molar-refractivity contribution in [3.05, 3.63) is 78.4 Å². The van der Waals surface area contributed by atoms with E-state index in [2.05, 4.69) is 42.7 Å². The fourth-order valence-corrected chi connectivity index (χ4v) is 2.66. The van der Waals surface area contributed by atoms with Crippen molar-refractivity contribution in [2.75, 3.05) is 17.2 Å². The van der Waals surface area contributed by atoms with Crippen LogP contribution in [0.15, 0.2) is 67.0 Å². The number of benzene rings is 2. The molecule has 0 saturated carbocycles. The van der Waals surface area contributed by atoms with Gasteiger partial charge in [0.1, 0.15) is 5.82 Å². The molecule has 0 aliphatic heterocycles. The number of halogens is 1. The molecule has 0 aliphatic carbocycles. The van der Waals surface area contributed by atoms with E-state index in [9.17, 15) is 4.39 Å². The average molecular weight is 360 g/mol. The Morgan fingerprint density at radius 3 is 2.44 bits per heavy atom. The highest BCUT2D eigenvalue weighted by Crippen LogP contribution is 2.22. The number of nitrogens with zero attached hydrogens (tertiary/aromatic N) is 4. The average Bonchev–Trinajstić information content (AvgIpc) is 2.71. The van der Waals surface area contributed by atoms with Crippen LogP contribution in [0.25, 0.3) is 11.2 Å². The van der Waals surface area contributed by atoms with Gasteiger partial charge < -0.3 is 10.6 Å². The highest BCUT2D eigenvalue weighted by Gasteiger charge is 2.10. The van der Waals surface area contributed by atoms with Crippen LogP contribution in [0.1, 0.15) is 5.56 Å². The molecule has 0 bridgehead atoms. The third kappa shape index (κ3) is 4.14. The van der Waals surface area contributed by atoms with Crippen molar-refractivity contribution in [1.29, 1.82) is 0 Å². The lowest BCUT2D eigenvalue weighted by Crippen LogP contribution is -2.10. The van der Waals surface area contributed by atoms with Crippen LogP contribution in [0.2, 0.25) is 0 Å². The summed E-state index contributed by atoms with van der Waals surface area (Å²) in [5.74, 6) is 0.682. The number of hydrogen-bond donors (Lipinski definition) is 2. The maximum Gasteiger partial charge on any atom is 0.226 e. The normalized spacial score (nSPS) is 10.7. The summed E-state index contributed by atoms with van der Waals surface area (Å²) in [6.07, 6.45) is 4.03. The van der Waals surface area contributed by atoms with Gasteiger partial charge in [0.05, 0.1) is 0 Å². The molecule has 2 aromatic carbocycles. The molecule has 0 atom stereocenters. The van der Waals surface area contributed by atoms with E-state index in [-0.39, 0.29) is 5.82 Å². The first-order valence-corrected chi connectivity index (χ1v) is 8.57. The Balaban J connectivity index is 1.57. The van der Waals surface area contributed by atoms with E-state index < -0.39 is 0 Å². The minimum atomic E-state index is -0.295. The lowest BCUT2D eigenvalue weighted by Gasteiger charge is -2.11. The Kier molecular flexibility index (Phi) is 4.82. The van der Waals surface area contributed by atoms with E-state index in [1.165, 1.54) is 17.7 Å². The standard InChI is InChI=1S/C20H17FN6/c21-15-6-8-16(9-7-15)25-19-17-18(23-13-12-22-17)26-20(27-19)24-11-10-14-4-2-1-3-5-14/h1-9,12-13H,10-11H2,(H2,23,24,25,26,27). The molecule has 0 spiro atoms. The first-order chi connectivity index (χ1) is 13.3. The first kappa shape index (κ1) is 16.8. The molecule has 0 fully saturated rings. The highest BCUT2D eigenvalue weighted by atomic mass is 19.1. The van der Waals surface area contributed by atoms with Crippen LogP contribution in [-0.4, -0.2) is 26.5 Å². The second-order valence-electron chi connectivity index (χ2n) is 5.92. The number of hydrogen-bond acceptors (Lipinski definition) is 6. The van der Waals surface area contributed by atoms with Gasteiger partial charge in [0.2, 0.25) is 5.95 Å². The number of rotatable bonds is 6. The Morgan fingerprint density at radius 1 is 0.852 bits per heavy atom. The summed E-state index contributed by atoms with van der Waals surface area (Å²) in [4.78, 5) is 17.5. The molecule has 2 N–H and O–H groups in total. The molecule has 0 amide bonds. The van der Waals surface area contributed by atoms with Crippen molar-refractivity contribution in [3.8, 4) is 0 Å². The van der Waals surface area contributed by atoms with Crippen molar-refractivity contribution >= 4 is 28.6 Å². The van der Waals surface area contributed by atoms with Crippen LogP contribution in [0.4, 0.5) is 21.8 Å². The van der Waals surface area contributed by atoms with Gasteiger partial charge in [-0.1, -0.05) is 30.3 Å². The van der Waals surface area contributed by atoms with E-state index >= 15 is 0 Å². The summed E-state index contributed by atoms with van der Waals surface area (Å²) in [6.45, 7) is 0.686. The topological polar surface area (TPSA) is 75.6 Å². The highest BCUT2D eigenvalue weighted by molar-refractivity contribution is 5.85. The molecule has 0 radical (unpaired) electrons. The first-order valence-electron chi connectivity index (χ1n) is 8.57. The molecule has 7 heteroatoms. The third-order valence-corrected chi connectivity index (χ3v) is 3.98. The van der Waals surface area contributed by atoms with Crippen molar-refractivity contribution in [2.45, 2.75) is 6.42 Å². The summed E-state index contributed by atoms with van der Waals surface area (Å²) in [7, 11) is 0. The van der Waals surface area contributed by atoms with Gasteiger partial charge >= 0.3 is 0 Å². The van der Waals surface area contributed by atoms with Crippen LogP contribution < -0.4 is 10.6 Å². The van der Waals surface area contributed by atoms with Crippen LogP contribution in [-0.2, 0) is 6.42 Å². The third-order valence-electron chi connectivity index (χ3n) is 3.98. The van der Waals surface area contributed by atoms with Gasteiger partial charge in [-0.15, -0.1) is 0 Å². The molecule has 4 aromatic rings. The molecule has 27 heavy (non-hydrogen) atoms. The van der Waals surface area contributed by atoms with Gasteiger partial charge in [0.25, 0.3) is 0 Å². The number of anilines is 3. The Labute approximate surface area is 155 Å². The van der Waals surface area contributed by atoms with Gasteiger partial charge in [0.15, 0.2) is 17.0 Å². The Hall–Kier alpha value is -3.61. The Bertz CT molecular complexity index is 1040. The van der Waals surface area contributed by atoms with E-state index in [1.54, 1.807) is 24.5 Å². The minimum Gasteiger partial charge on any atom is -0.354 e. The maximum atomic E-state index is 13.1.